The molecule has 1 aromatic heterocycles. The molecule has 3 N–H and O–H groups in total. The number of nitrogens with zero attached hydrogens (tertiary/aromatic N) is 4. The molecule has 3 rings (SSSR count). The Morgan fingerprint density at radius 3 is 2.11 bits per heavy atom. The second-order valence-electron chi connectivity index (χ2n) is 7.52. The number of thiocarbonyl (C=S) groups is 1. The van der Waals surface area contributed by atoms with Gasteiger partial charge in [-0.15, -0.1) is 10.2 Å². The summed E-state index contributed by atoms with van der Waals surface area (Å²) in [6.45, 7) is 3.35. The minimum Gasteiger partial charge on any atom is -0.331 e. The molecule has 1 unspecified atom stereocenters. The Bertz CT molecular complexity index is 1210. The molecule has 1 atom stereocenters. The summed E-state index contributed by atoms with van der Waals surface area (Å²) >= 11 is 5.10. The highest BCUT2D eigenvalue weighted by atomic mass is 32.1. The van der Waals surface area contributed by atoms with E-state index in [0.29, 0.717) is 17.8 Å². The molecule has 3 aromatic rings. The number of aromatic nitrogens is 4. The number of benzene rings is 2. The van der Waals surface area contributed by atoms with Crippen molar-refractivity contribution in [2.75, 3.05) is 5.32 Å². The molecule has 2 aromatic carbocycles. The fraction of sp³-hybridized carbons (Fsp3) is 0.286. The highest BCUT2D eigenvalue weighted by Crippen LogP contribution is 2.38. The lowest BCUT2D eigenvalue weighted by Gasteiger charge is -2.14. The summed E-state index contributed by atoms with van der Waals surface area (Å²) < 4.78 is 78.6. The Morgan fingerprint density at radius 2 is 1.58 bits per heavy atom. The summed E-state index contributed by atoms with van der Waals surface area (Å²) in [6.07, 6.45) is -9.20. The molecule has 0 aliphatic carbocycles. The highest BCUT2D eigenvalue weighted by Gasteiger charge is 2.37. The summed E-state index contributed by atoms with van der Waals surface area (Å²) in [5.74, 6) is -1.23. The summed E-state index contributed by atoms with van der Waals surface area (Å²) in [5, 5.41) is 13.8. The van der Waals surface area contributed by atoms with Crippen molar-refractivity contribution in [1.29, 1.82) is 0 Å². The largest absolute Gasteiger partial charge is 0.416 e. The minimum atomic E-state index is -5.03. The maximum atomic E-state index is 13.1. The van der Waals surface area contributed by atoms with Gasteiger partial charge in [-0.05, 0) is 66.7 Å². The number of carbonyl (C=O) groups excluding carboxylic acids is 1. The van der Waals surface area contributed by atoms with E-state index in [0.717, 1.165) is 16.8 Å². The first-order valence-corrected chi connectivity index (χ1v) is 10.7. The number of anilines is 1. The zero-order valence-corrected chi connectivity index (χ0v) is 19.5. The van der Waals surface area contributed by atoms with Crippen LogP contribution in [0.2, 0.25) is 0 Å². The van der Waals surface area contributed by atoms with E-state index in [4.69, 9.17) is 12.2 Å². The lowest BCUT2D eigenvalue weighted by atomic mass is 10.0. The average Bonchev–Trinajstić information content (AvgIpc) is 3.31. The Morgan fingerprint density at radius 1 is 1.00 bits per heavy atom. The number of amides is 1. The van der Waals surface area contributed by atoms with E-state index < -0.39 is 46.8 Å². The number of hydrazine groups is 1. The third kappa shape index (κ3) is 6.68. The number of aryl methyl sites for hydroxylation is 1. The van der Waals surface area contributed by atoms with Gasteiger partial charge in [-0.2, -0.15) is 31.1 Å². The lowest BCUT2D eigenvalue weighted by molar-refractivity contribution is -0.143. The van der Waals surface area contributed by atoms with Crippen molar-refractivity contribution in [3.05, 3.63) is 59.2 Å². The zero-order chi connectivity index (χ0) is 26.7. The van der Waals surface area contributed by atoms with Crippen molar-refractivity contribution in [3.63, 3.8) is 0 Å². The lowest BCUT2D eigenvalue weighted by Crippen LogP contribution is -2.46. The summed E-state index contributed by atoms with van der Waals surface area (Å²) in [7, 11) is 0. The van der Waals surface area contributed by atoms with Crippen LogP contribution in [-0.2, 0) is 23.6 Å². The number of hydrogen-bond donors (Lipinski definition) is 3. The van der Waals surface area contributed by atoms with Gasteiger partial charge in [0.1, 0.15) is 0 Å². The van der Waals surface area contributed by atoms with Gasteiger partial charge in [-0.25, -0.2) is 0 Å². The Labute approximate surface area is 206 Å². The molecule has 0 fully saturated rings. The molecule has 8 nitrogen and oxygen atoms in total. The van der Waals surface area contributed by atoms with Crippen molar-refractivity contribution >= 4 is 28.9 Å². The molecule has 0 saturated carbocycles. The van der Waals surface area contributed by atoms with Crippen molar-refractivity contribution < 1.29 is 31.1 Å². The number of halogens is 6. The van der Waals surface area contributed by atoms with Crippen LogP contribution in [0.5, 0.6) is 0 Å². The standard InChI is InChI=1S/C21H19F6N7OS/c1-3-12-4-6-16(7-5-12)28-19(36)31-30-18(35)11(2)34-32-17(29-33-34)13-8-14(20(22,23)24)10-15(9-13)21(25,26)27/h4-11H,3H2,1-2H3,(H,30,35)(H2,28,31,36). The summed E-state index contributed by atoms with van der Waals surface area (Å²) in [5.41, 5.74) is 2.98. The summed E-state index contributed by atoms with van der Waals surface area (Å²) in [6, 6.07) is 7.21. The second-order valence-corrected chi connectivity index (χ2v) is 7.93. The van der Waals surface area contributed by atoms with Crippen LogP contribution in [0.1, 0.15) is 36.6 Å². The molecule has 0 spiro atoms. The van der Waals surface area contributed by atoms with E-state index in [1.54, 1.807) is 12.1 Å². The average molecular weight is 531 g/mol. The van der Waals surface area contributed by atoms with Crippen LogP contribution < -0.4 is 16.2 Å². The second kappa shape index (κ2) is 10.5. The topological polar surface area (TPSA) is 96.8 Å². The van der Waals surface area contributed by atoms with E-state index in [-0.39, 0.29) is 11.2 Å². The fourth-order valence-electron chi connectivity index (χ4n) is 2.90. The minimum absolute atomic E-state index is 0.00917. The van der Waals surface area contributed by atoms with E-state index in [1.807, 2.05) is 19.1 Å². The van der Waals surface area contributed by atoms with E-state index >= 15 is 0 Å². The third-order valence-electron chi connectivity index (χ3n) is 4.92. The fourth-order valence-corrected chi connectivity index (χ4v) is 3.07. The van der Waals surface area contributed by atoms with E-state index in [9.17, 15) is 31.1 Å². The third-order valence-corrected chi connectivity index (χ3v) is 5.12. The number of tetrazole rings is 1. The van der Waals surface area contributed by atoms with Crippen molar-refractivity contribution in [3.8, 4) is 11.4 Å². The van der Waals surface area contributed by atoms with Gasteiger partial charge in [0.05, 0.1) is 11.1 Å². The van der Waals surface area contributed by atoms with E-state index in [2.05, 4.69) is 31.6 Å². The van der Waals surface area contributed by atoms with Gasteiger partial charge in [0.2, 0.25) is 5.82 Å². The molecular weight excluding hydrogens is 512 g/mol. The molecule has 1 heterocycles. The molecule has 36 heavy (non-hydrogen) atoms. The smallest absolute Gasteiger partial charge is 0.331 e. The van der Waals surface area contributed by atoms with Crippen LogP contribution in [0.25, 0.3) is 11.4 Å². The molecule has 0 aliphatic rings. The molecule has 15 heteroatoms. The first kappa shape index (κ1) is 26.8. The number of nitrogens with one attached hydrogen (secondary N) is 3. The molecule has 0 radical (unpaired) electrons. The maximum Gasteiger partial charge on any atom is 0.416 e. The monoisotopic (exact) mass is 531 g/mol. The quantitative estimate of drug-likeness (QED) is 0.253. The van der Waals surface area contributed by atoms with Crippen LogP contribution in [-0.4, -0.2) is 31.2 Å². The number of hydrogen-bond acceptors (Lipinski definition) is 5. The SMILES string of the molecule is CCc1ccc(NC(=S)NNC(=O)C(C)n2nnc(-c3cc(C(F)(F)F)cc(C(F)(F)F)c3)n2)cc1. The van der Waals surface area contributed by atoms with Crippen molar-refractivity contribution in [1.82, 2.24) is 31.1 Å². The molecule has 1 amide bonds. The maximum absolute atomic E-state index is 13.1. The zero-order valence-electron chi connectivity index (χ0n) is 18.7. The van der Waals surface area contributed by atoms with Gasteiger partial charge in [0.25, 0.3) is 5.91 Å². The number of rotatable bonds is 5. The first-order valence-electron chi connectivity index (χ1n) is 10.3. The Kier molecular flexibility index (Phi) is 7.81. The predicted molar refractivity (Wildman–Crippen MR) is 121 cm³/mol. The summed E-state index contributed by atoms with van der Waals surface area (Å²) in [4.78, 5) is 13.2. The molecule has 0 bridgehead atoms. The van der Waals surface area contributed by atoms with Gasteiger partial charge >= 0.3 is 12.4 Å². The first-order chi connectivity index (χ1) is 16.8. The normalized spacial score (nSPS) is 12.7. The van der Waals surface area contributed by atoms with Gasteiger partial charge in [0, 0.05) is 11.3 Å². The van der Waals surface area contributed by atoms with Crippen LogP contribution in [0.4, 0.5) is 32.0 Å². The number of alkyl halides is 6. The van der Waals surface area contributed by atoms with Gasteiger partial charge in [-0.3, -0.25) is 15.6 Å². The van der Waals surface area contributed by atoms with Gasteiger partial charge in [-0.1, -0.05) is 19.1 Å². The Hall–Kier alpha value is -3.75. The molecule has 192 valence electrons. The van der Waals surface area contributed by atoms with Crippen molar-refractivity contribution in [2.24, 2.45) is 0 Å². The molecule has 0 aliphatic heterocycles. The van der Waals surface area contributed by atoms with Crippen LogP contribution in [0, 0.1) is 0 Å². The highest BCUT2D eigenvalue weighted by molar-refractivity contribution is 7.80. The predicted octanol–water partition coefficient (Wildman–Crippen LogP) is 4.52. The Balaban J connectivity index is 1.69. The van der Waals surface area contributed by atoms with Gasteiger partial charge < -0.3 is 5.32 Å². The van der Waals surface area contributed by atoms with Crippen molar-refractivity contribution in [2.45, 2.75) is 38.7 Å². The molecule has 0 saturated heterocycles. The van der Waals surface area contributed by atoms with Gasteiger partial charge in [0.15, 0.2) is 11.2 Å². The van der Waals surface area contributed by atoms with Crippen LogP contribution in [0.3, 0.4) is 0 Å². The van der Waals surface area contributed by atoms with E-state index in [1.165, 1.54) is 6.92 Å². The number of carbonyl (C=O) groups is 1. The molecular formula is C21H19F6N7OS. The van der Waals surface area contributed by atoms with Crippen LogP contribution in [0.15, 0.2) is 42.5 Å². The van der Waals surface area contributed by atoms with Crippen LogP contribution >= 0.6 is 12.2 Å².